The van der Waals surface area contributed by atoms with Crippen molar-refractivity contribution in [3.05, 3.63) is 33.2 Å². The molecule has 0 N–H and O–H groups in total. The van der Waals surface area contributed by atoms with Gasteiger partial charge >= 0.3 is 6.03 Å². The van der Waals surface area contributed by atoms with Gasteiger partial charge in [0.05, 0.1) is 27.1 Å². The molecule has 0 unspecified atom stereocenters. The summed E-state index contributed by atoms with van der Waals surface area (Å²) in [6, 6.07) is 5.39. The first kappa shape index (κ1) is 23.1. The van der Waals surface area contributed by atoms with Gasteiger partial charge in [0.1, 0.15) is 0 Å². The van der Waals surface area contributed by atoms with Gasteiger partial charge in [0.25, 0.3) is 0 Å². The summed E-state index contributed by atoms with van der Waals surface area (Å²) in [6.45, 7) is 4.99. The van der Waals surface area contributed by atoms with E-state index in [1.54, 1.807) is 14.1 Å². The summed E-state index contributed by atoms with van der Waals surface area (Å²) in [5, 5.41) is 5.34. The number of nitroso groups, excluding NO2 is 1. The van der Waals surface area contributed by atoms with E-state index in [4.69, 9.17) is 23.2 Å². The van der Waals surface area contributed by atoms with Gasteiger partial charge in [-0.2, -0.15) is 5.01 Å². The van der Waals surface area contributed by atoms with Crippen LogP contribution in [0, 0.1) is 10.8 Å². The normalized spacial score (nSPS) is 22.6. The Balaban J connectivity index is 1.40. The number of carbonyl (C=O) groups is 1. The summed E-state index contributed by atoms with van der Waals surface area (Å²) in [5.41, 5.74) is 1.02. The maximum absolute atomic E-state index is 12.1. The Bertz CT molecular complexity index is 732. The average Bonchev–Trinajstić information content (AvgIpc) is 2.76. The zero-order chi connectivity index (χ0) is 21.7. The fourth-order valence-corrected chi connectivity index (χ4v) is 4.87. The molecule has 0 spiro atoms. The topological polar surface area (TPSA) is 59.5 Å². The fraction of sp³-hybridized carbons (Fsp3) is 0.667. The minimum Gasteiger partial charge on any atom is -0.368 e. The smallest absolute Gasteiger partial charge is 0.342 e. The van der Waals surface area contributed by atoms with Crippen molar-refractivity contribution in [1.29, 1.82) is 0 Å². The predicted octanol–water partition coefficient (Wildman–Crippen LogP) is 4.73. The summed E-state index contributed by atoms with van der Waals surface area (Å²) in [6.07, 6.45) is 4.92. The lowest BCUT2D eigenvalue weighted by Gasteiger charge is -2.38. The lowest BCUT2D eigenvalue weighted by molar-refractivity contribution is 0.120. The molecular formula is C21H31Cl2N5O2. The standard InChI is InChI=1S/C21H31Cl2N5O2/c1-25(2)21(29)28(24-30)17-8-6-16(7-9-17)10-11-26-12-14-27(15-13-26)19-5-3-4-18(22)20(19)23/h3-5,16-17H,6-15H2,1-2H3. The van der Waals surface area contributed by atoms with E-state index in [9.17, 15) is 9.70 Å². The zero-order valence-corrected chi connectivity index (χ0v) is 19.3. The molecule has 0 bridgehead atoms. The number of amides is 2. The maximum atomic E-state index is 12.1. The highest BCUT2D eigenvalue weighted by Crippen LogP contribution is 2.33. The van der Waals surface area contributed by atoms with Crippen molar-refractivity contribution >= 4 is 34.9 Å². The van der Waals surface area contributed by atoms with Crippen molar-refractivity contribution < 1.29 is 4.79 Å². The highest BCUT2D eigenvalue weighted by atomic mass is 35.5. The molecule has 166 valence electrons. The van der Waals surface area contributed by atoms with Crippen LogP contribution in [-0.2, 0) is 0 Å². The molecule has 2 amide bonds. The molecule has 0 aromatic heterocycles. The first-order valence-electron chi connectivity index (χ1n) is 10.7. The summed E-state index contributed by atoms with van der Waals surface area (Å²) >= 11 is 12.5. The monoisotopic (exact) mass is 455 g/mol. The molecule has 1 saturated heterocycles. The molecule has 1 aromatic carbocycles. The van der Waals surface area contributed by atoms with E-state index >= 15 is 0 Å². The van der Waals surface area contributed by atoms with Crippen LogP contribution in [-0.4, -0.2) is 73.7 Å². The highest BCUT2D eigenvalue weighted by molar-refractivity contribution is 6.43. The van der Waals surface area contributed by atoms with Gasteiger partial charge < -0.3 is 9.80 Å². The van der Waals surface area contributed by atoms with Gasteiger partial charge in [-0.25, -0.2) is 4.79 Å². The fourth-order valence-electron chi connectivity index (χ4n) is 4.45. The van der Waals surface area contributed by atoms with E-state index < -0.39 is 0 Å². The van der Waals surface area contributed by atoms with Gasteiger partial charge in [-0.3, -0.25) is 4.90 Å². The Morgan fingerprint density at radius 3 is 2.37 bits per heavy atom. The van der Waals surface area contributed by atoms with Crippen molar-refractivity contribution in [3.8, 4) is 0 Å². The largest absolute Gasteiger partial charge is 0.368 e. The van der Waals surface area contributed by atoms with Crippen molar-refractivity contribution in [1.82, 2.24) is 14.8 Å². The first-order valence-corrected chi connectivity index (χ1v) is 11.4. The van der Waals surface area contributed by atoms with Crippen LogP contribution < -0.4 is 4.90 Å². The lowest BCUT2D eigenvalue weighted by Crippen LogP contribution is -2.47. The SMILES string of the molecule is CN(C)C(=O)N(N=O)C1CCC(CCN2CCN(c3cccc(Cl)c3Cl)CC2)CC1. The van der Waals surface area contributed by atoms with Crippen LogP contribution in [0.2, 0.25) is 10.0 Å². The summed E-state index contributed by atoms with van der Waals surface area (Å²) in [7, 11) is 3.29. The van der Waals surface area contributed by atoms with Crippen molar-refractivity contribution in [3.63, 3.8) is 0 Å². The highest BCUT2D eigenvalue weighted by Gasteiger charge is 2.31. The Hall–Kier alpha value is -1.57. The number of halogens is 2. The van der Waals surface area contributed by atoms with Crippen molar-refractivity contribution in [2.45, 2.75) is 38.1 Å². The van der Waals surface area contributed by atoms with Gasteiger partial charge in [0, 0.05) is 40.3 Å². The second-order valence-electron chi connectivity index (χ2n) is 8.47. The minimum atomic E-state index is -0.328. The van der Waals surface area contributed by atoms with E-state index in [2.05, 4.69) is 15.1 Å². The lowest BCUT2D eigenvalue weighted by atomic mass is 9.84. The summed E-state index contributed by atoms with van der Waals surface area (Å²) < 4.78 is 0. The Morgan fingerprint density at radius 2 is 1.77 bits per heavy atom. The van der Waals surface area contributed by atoms with Crippen LogP contribution in [0.15, 0.2) is 23.5 Å². The third-order valence-electron chi connectivity index (χ3n) is 6.33. The average molecular weight is 456 g/mol. The van der Waals surface area contributed by atoms with Crippen molar-refractivity contribution in [2.75, 3.05) is 51.7 Å². The van der Waals surface area contributed by atoms with E-state index in [-0.39, 0.29) is 12.1 Å². The molecular weight excluding hydrogens is 425 g/mol. The molecule has 9 heteroatoms. The number of carbonyl (C=O) groups excluding carboxylic acids is 1. The number of benzene rings is 1. The number of rotatable bonds is 6. The van der Waals surface area contributed by atoms with Gasteiger partial charge in [-0.1, -0.05) is 29.3 Å². The molecule has 7 nitrogen and oxygen atoms in total. The number of nitrogens with zero attached hydrogens (tertiary/aromatic N) is 5. The van der Waals surface area contributed by atoms with Crippen LogP contribution in [0.1, 0.15) is 32.1 Å². The van der Waals surface area contributed by atoms with Gasteiger partial charge in [0.2, 0.25) is 0 Å². The quantitative estimate of drug-likeness (QED) is 0.459. The molecule has 0 atom stereocenters. The predicted molar refractivity (Wildman–Crippen MR) is 122 cm³/mol. The molecule has 0 radical (unpaired) electrons. The van der Waals surface area contributed by atoms with E-state index in [1.807, 2.05) is 18.2 Å². The third kappa shape index (κ3) is 5.56. The number of urea groups is 1. The number of piperazine rings is 1. The van der Waals surface area contributed by atoms with Gasteiger partial charge in [-0.05, 0) is 56.7 Å². The van der Waals surface area contributed by atoms with Crippen LogP contribution in [0.3, 0.4) is 0 Å². The molecule has 2 aliphatic rings. The second kappa shape index (κ2) is 10.6. The van der Waals surface area contributed by atoms with Gasteiger partial charge in [0.15, 0.2) is 0 Å². The molecule has 1 aliphatic carbocycles. The molecule has 30 heavy (non-hydrogen) atoms. The van der Waals surface area contributed by atoms with Crippen LogP contribution in [0.4, 0.5) is 10.5 Å². The molecule has 1 saturated carbocycles. The summed E-state index contributed by atoms with van der Waals surface area (Å²) in [5.74, 6) is 0.643. The molecule has 1 aromatic rings. The maximum Gasteiger partial charge on any atom is 0.342 e. The van der Waals surface area contributed by atoms with Crippen LogP contribution in [0.25, 0.3) is 0 Å². The van der Waals surface area contributed by atoms with Crippen molar-refractivity contribution in [2.24, 2.45) is 11.2 Å². The first-order chi connectivity index (χ1) is 14.4. The Labute approximate surface area is 188 Å². The third-order valence-corrected chi connectivity index (χ3v) is 7.14. The summed E-state index contributed by atoms with van der Waals surface area (Å²) in [4.78, 5) is 29.4. The molecule has 2 fully saturated rings. The molecule has 1 heterocycles. The van der Waals surface area contributed by atoms with Gasteiger partial charge in [-0.15, -0.1) is 4.91 Å². The number of hydrogen-bond acceptors (Lipinski definition) is 5. The van der Waals surface area contributed by atoms with Crippen LogP contribution in [0.5, 0.6) is 0 Å². The molecule has 3 rings (SSSR count). The number of hydrogen-bond donors (Lipinski definition) is 0. The number of anilines is 1. The van der Waals surface area contributed by atoms with E-state index in [0.717, 1.165) is 75.5 Å². The van der Waals surface area contributed by atoms with E-state index in [0.29, 0.717) is 16.0 Å². The second-order valence-corrected chi connectivity index (χ2v) is 9.25. The molecule has 1 aliphatic heterocycles. The van der Waals surface area contributed by atoms with E-state index in [1.165, 1.54) is 4.90 Å². The Morgan fingerprint density at radius 1 is 1.10 bits per heavy atom. The Kier molecular flexibility index (Phi) is 8.20. The minimum absolute atomic E-state index is 0.0698. The van der Waals surface area contributed by atoms with Crippen LogP contribution >= 0.6 is 23.2 Å². The zero-order valence-electron chi connectivity index (χ0n) is 17.8.